The van der Waals surface area contributed by atoms with E-state index in [-0.39, 0.29) is 11.9 Å². The van der Waals surface area contributed by atoms with Crippen LogP contribution in [0.1, 0.15) is 40.7 Å². The van der Waals surface area contributed by atoms with Crippen molar-refractivity contribution >= 4 is 22.2 Å². The summed E-state index contributed by atoms with van der Waals surface area (Å²) >= 11 is 1.44. The fourth-order valence-electron chi connectivity index (χ4n) is 2.83. The summed E-state index contributed by atoms with van der Waals surface area (Å²) in [5, 5.41) is 11.6. The summed E-state index contributed by atoms with van der Waals surface area (Å²) in [5.41, 5.74) is 3.63. The lowest BCUT2D eigenvalue weighted by Crippen LogP contribution is -2.28. The topological polar surface area (TPSA) is 88.0 Å². The van der Waals surface area contributed by atoms with Gasteiger partial charge in [-0.05, 0) is 26.3 Å². The molecular formula is C18H18N6OS. The first kappa shape index (κ1) is 16.5. The number of nitrogens with zero attached hydrogens (tertiary/aromatic N) is 4. The third kappa shape index (κ3) is 2.88. The average Bonchev–Trinajstić information content (AvgIpc) is 3.30. The summed E-state index contributed by atoms with van der Waals surface area (Å²) in [7, 11) is 0. The second-order valence-corrected chi connectivity index (χ2v) is 7.03. The number of amides is 1. The van der Waals surface area contributed by atoms with Gasteiger partial charge >= 0.3 is 0 Å². The van der Waals surface area contributed by atoms with E-state index in [2.05, 4.69) is 38.5 Å². The van der Waals surface area contributed by atoms with Gasteiger partial charge in [-0.2, -0.15) is 5.10 Å². The fraction of sp³-hybridized carbons (Fsp3) is 0.222. The number of fused-ring (bicyclic) bond motifs is 1. The van der Waals surface area contributed by atoms with Crippen molar-refractivity contribution in [1.82, 2.24) is 29.9 Å². The van der Waals surface area contributed by atoms with Crippen LogP contribution in [-0.4, -0.2) is 30.5 Å². The van der Waals surface area contributed by atoms with Gasteiger partial charge in [0, 0.05) is 17.1 Å². The quantitative estimate of drug-likeness (QED) is 0.580. The van der Waals surface area contributed by atoms with E-state index in [1.165, 1.54) is 11.3 Å². The molecule has 0 saturated carbocycles. The molecule has 1 amide bonds. The van der Waals surface area contributed by atoms with Crippen molar-refractivity contribution < 1.29 is 4.79 Å². The minimum Gasteiger partial charge on any atom is -0.341 e. The molecule has 0 saturated heterocycles. The van der Waals surface area contributed by atoms with E-state index in [4.69, 9.17) is 0 Å². The van der Waals surface area contributed by atoms with Crippen molar-refractivity contribution in [1.29, 1.82) is 0 Å². The van der Waals surface area contributed by atoms with Crippen molar-refractivity contribution in [3.8, 4) is 11.3 Å². The second kappa shape index (κ2) is 6.38. The molecule has 3 aromatic heterocycles. The van der Waals surface area contributed by atoms with Crippen LogP contribution >= 0.6 is 11.3 Å². The Kier molecular flexibility index (Phi) is 4.04. The van der Waals surface area contributed by atoms with E-state index in [0.29, 0.717) is 11.5 Å². The number of carbonyl (C=O) groups is 1. The van der Waals surface area contributed by atoms with E-state index < -0.39 is 0 Å². The number of nitrogens with one attached hydrogen (secondary N) is 2. The summed E-state index contributed by atoms with van der Waals surface area (Å²) in [5.74, 6) is 1.10. The SMILES string of the molecule is Cc1nc([C@@H](C)NC(=O)c2csc3nc(-c4ccccc4C)cn23)n[nH]1. The van der Waals surface area contributed by atoms with Crippen LogP contribution in [0.4, 0.5) is 0 Å². The molecule has 0 bridgehead atoms. The largest absolute Gasteiger partial charge is 0.341 e. The van der Waals surface area contributed by atoms with E-state index >= 15 is 0 Å². The molecule has 0 radical (unpaired) electrons. The lowest BCUT2D eigenvalue weighted by molar-refractivity contribution is 0.0932. The first-order valence-corrected chi connectivity index (χ1v) is 9.13. The number of H-pyrrole nitrogens is 1. The zero-order valence-electron chi connectivity index (χ0n) is 14.6. The van der Waals surface area contributed by atoms with Gasteiger partial charge < -0.3 is 5.32 Å². The lowest BCUT2D eigenvalue weighted by atomic mass is 10.1. The highest BCUT2D eigenvalue weighted by molar-refractivity contribution is 7.15. The number of benzene rings is 1. The van der Waals surface area contributed by atoms with Crippen molar-refractivity contribution in [2.75, 3.05) is 0 Å². The molecule has 0 aliphatic rings. The molecule has 4 aromatic rings. The van der Waals surface area contributed by atoms with Gasteiger partial charge in [0.05, 0.1) is 11.7 Å². The van der Waals surface area contributed by atoms with Gasteiger partial charge in [0.15, 0.2) is 10.8 Å². The van der Waals surface area contributed by atoms with E-state index in [9.17, 15) is 4.79 Å². The Hall–Kier alpha value is -3.00. The number of hydrogen-bond donors (Lipinski definition) is 2. The summed E-state index contributed by atoms with van der Waals surface area (Å²) in [4.78, 5) is 22.4. The highest BCUT2D eigenvalue weighted by Crippen LogP contribution is 2.26. The van der Waals surface area contributed by atoms with Gasteiger partial charge in [-0.1, -0.05) is 24.3 Å². The molecule has 3 heterocycles. The van der Waals surface area contributed by atoms with Crippen LogP contribution in [0.15, 0.2) is 35.8 Å². The average molecular weight is 366 g/mol. The smallest absolute Gasteiger partial charge is 0.269 e. The standard InChI is InChI=1S/C18H18N6OS/c1-10-6-4-5-7-13(10)14-8-24-15(9-26-18(24)21-14)17(25)19-11(2)16-20-12(3)22-23-16/h4-9,11H,1-3H3,(H,19,25)(H,20,22,23)/t11-/m1/s1. The van der Waals surface area contributed by atoms with Crippen molar-refractivity contribution in [2.45, 2.75) is 26.8 Å². The maximum absolute atomic E-state index is 12.7. The van der Waals surface area contributed by atoms with Crippen LogP contribution < -0.4 is 5.32 Å². The number of rotatable bonds is 4. The van der Waals surface area contributed by atoms with Gasteiger partial charge in [-0.3, -0.25) is 14.3 Å². The normalized spacial score (nSPS) is 12.4. The Morgan fingerprint density at radius 2 is 2.08 bits per heavy atom. The third-order valence-corrected chi connectivity index (χ3v) is 5.05. The Balaban J connectivity index is 1.62. The first-order chi connectivity index (χ1) is 12.5. The molecule has 1 aromatic carbocycles. The Morgan fingerprint density at radius 1 is 1.27 bits per heavy atom. The Labute approximate surface area is 154 Å². The highest BCUT2D eigenvalue weighted by atomic mass is 32.1. The van der Waals surface area contributed by atoms with Gasteiger partial charge in [-0.15, -0.1) is 11.3 Å². The highest BCUT2D eigenvalue weighted by Gasteiger charge is 2.19. The maximum atomic E-state index is 12.7. The van der Waals surface area contributed by atoms with E-state index in [0.717, 1.165) is 27.6 Å². The van der Waals surface area contributed by atoms with Crippen LogP contribution in [0, 0.1) is 13.8 Å². The van der Waals surface area contributed by atoms with Gasteiger partial charge in [-0.25, -0.2) is 9.97 Å². The molecule has 7 nitrogen and oxygen atoms in total. The van der Waals surface area contributed by atoms with Gasteiger partial charge in [0.2, 0.25) is 0 Å². The molecule has 1 atom stereocenters. The monoisotopic (exact) mass is 366 g/mol. The van der Waals surface area contributed by atoms with Crippen LogP contribution in [0.25, 0.3) is 16.2 Å². The summed E-state index contributed by atoms with van der Waals surface area (Å²) in [6, 6.07) is 7.79. The molecule has 0 aliphatic carbocycles. The van der Waals surface area contributed by atoms with Crippen molar-refractivity contribution in [2.24, 2.45) is 0 Å². The van der Waals surface area contributed by atoms with Crippen LogP contribution in [0.2, 0.25) is 0 Å². The number of aromatic nitrogens is 5. The molecule has 0 aliphatic heterocycles. The molecule has 4 rings (SSSR count). The predicted octanol–water partition coefficient (Wildman–Crippen LogP) is 3.29. The molecule has 0 unspecified atom stereocenters. The van der Waals surface area contributed by atoms with Gasteiger partial charge in [0.25, 0.3) is 5.91 Å². The number of thiazole rings is 1. The summed E-state index contributed by atoms with van der Waals surface area (Å²) in [6.45, 7) is 5.74. The number of aryl methyl sites for hydroxylation is 2. The molecule has 132 valence electrons. The minimum absolute atomic E-state index is 0.181. The predicted molar refractivity (Wildman–Crippen MR) is 100 cm³/mol. The number of aromatic amines is 1. The number of carbonyl (C=O) groups excluding carboxylic acids is 1. The molecule has 2 N–H and O–H groups in total. The molecule has 26 heavy (non-hydrogen) atoms. The summed E-state index contributed by atoms with van der Waals surface area (Å²) in [6.07, 6.45) is 1.91. The maximum Gasteiger partial charge on any atom is 0.269 e. The van der Waals surface area contributed by atoms with E-state index in [1.807, 2.05) is 48.0 Å². The van der Waals surface area contributed by atoms with Crippen LogP contribution in [0.3, 0.4) is 0 Å². The molecule has 0 fully saturated rings. The van der Waals surface area contributed by atoms with E-state index in [1.54, 1.807) is 0 Å². The Bertz CT molecular complexity index is 1090. The molecule has 0 spiro atoms. The fourth-order valence-corrected chi connectivity index (χ4v) is 3.68. The third-order valence-electron chi connectivity index (χ3n) is 4.21. The first-order valence-electron chi connectivity index (χ1n) is 8.25. The lowest BCUT2D eigenvalue weighted by Gasteiger charge is -2.09. The minimum atomic E-state index is -0.290. The van der Waals surface area contributed by atoms with Gasteiger partial charge in [0.1, 0.15) is 11.5 Å². The van der Waals surface area contributed by atoms with Crippen LogP contribution in [-0.2, 0) is 0 Å². The van der Waals surface area contributed by atoms with Crippen LogP contribution in [0.5, 0.6) is 0 Å². The van der Waals surface area contributed by atoms with Crippen molar-refractivity contribution in [3.05, 3.63) is 58.7 Å². The molecular weight excluding hydrogens is 348 g/mol. The summed E-state index contributed by atoms with van der Waals surface area (Å²) < 4.78 is 1.83. The molecule has 8 heteroatoms. The van der Waals surface area contributed by atoms with Crippen molar-refractivity contribution in [3.63, 3.8) is 0 Å². The Morgan fingerprint density at radius 3 is 2.81 bits per heavy atom. The second-order valence-electron chi connectivity index (χ2n) is 6.19. The number of hydrogen-bond acceptors (Lipinski definition) is 5. The number of imidazole rings is 1. The zero-order valence-corrected chi connectivity index (χ0v) is 15.5. The zero-order chi connectivity index (χ0) is 18.3.